The summed E-state index contributed by atoms with van der Waals surface area (Å²) in [6.45, 7) is 1.17. The molecule has 0 radical (unpaired) electrons. The Balaban J connectivity index is 0.000000620. The van der Waals surface area contributed by atoms with E-state index in [0.717, 1.165) is 16.5 Å². The zero-order valence-corrected chi connectivity index (χ0v) is 16.5. The Hall–Kier alpha value is -3.90. The molecule has 31 heavy (non-hydrogen) atoms. The number of hydrogen-bond donors (Lipinski definition) is 6. The minimum Gasteiger partial charge on any atom is -0.492 e. The van der Waals surface area contributed by atoms with Gasteiger partial charge < -0.3 is 36.2 Å². The molecule has 0 fully saturated rings. The summed E-state index contributed by atoms with van der Waals surface area (Å²) in [5.41, 5.74) is 5.02. The molecule has 0 spiro atoms. The van der Waals surface area contributed by atoms with E-state index < -0.39 is 23.9 Å². The molecule has 1 amide bonds. The van der Waals surface area contributed by atoms with E-state index in [1.54, 1.807) is 0 Å². The van der Waals surface area contributed by atoms with Crippen molar-refractivity contribution in [2.75, 3.05) is 19.7 Å². The predicted molar refractivity (Wildman–Crippen MR) is 107 cm³/mol. The average Bonchev–Trinajstić information content (AvgIpc) is 2.70. The second kappa shape index (κ2) is 14.1. The molecule has 0 aromatic heterocycles. The fourth-order valence-corrected chi connectivity index (χ4v) is 2.03. The Morgan fingerprint density at radius 3 is 1.77 bits per heavy atom. The summed E-state index contributed by atoms with van der Waals surface area (Å²) in [6, 6.07) is 11.5. The zero-order chi connectivity index (χ0) is 24.0. The molecule has 168 valence electrons. The molecule has 7 N–H and O–H groups in total. The number of amides is 1. The van der Waals surface area contributed by atoms with Gasteiger partial charge in [0, 0.05) is 22.3 Å². The van der Waals surface area contributed by atoms with Crippen molar-refractivity contribution in [1.29, 1.82) is 0 Å². The number of fused-ring (bicyclic) bond motifs is 1. The van der Waals surface area contributed by atoms with E-state index in [4.69, 9.17) is 61.7 Å². The van der Waals surface area contributed by atoms with E-state index in [1.165, 1.54) is 0 Å². The number of rotatable bonds is 6. The van der Waals surface area contributed by atoms with Crippen molar-refractivity contribution in [2.24, 2.45) is 5.73 Å². The lowest BCUT2D eigenvalue weighted by Gasteiger charge is -2.10. The number of primary amides is 1. The molecule has 0 unspecified atom stereocenters. The van der Waals surface area contributed by atoms with Crippen molar-refractivity contribution in [3.05, 3.63) is 41.4 Å². The summed E-state index contributed by atoms with van der Waals surface area (Å²) in [5, 5.41) is 35.1. The first-order chi connectivity index (χ1) is 14.5. The lowest BCUT2D eigenvalue weighted by Crippen LogP contribution is -2.31. The minimum atomic E-state index is -1.82. The second-order valence-electron chi connectivity index (χ2n) is 5.30. The van der Waals surface area contributed by atoms with Gasteiger partial charge in [-0.05, 0) is 12.1 Å². The van der Waals surface area contributed by atoms with Crippen LogP contribution in [0.15, 0.2) is 36.4 Å². The monoisotopic (exact) mass is 458 g/mol. The van der Waals surface area contributed by atoms with Gasteiger partial charge in [-0.25, -0.2) is 19.2 Å². The van der Waals surface area contributed by atoms with Crippen LogP contribution < -0.4 is 15.8 Å². The van der Waals surface area contributed by atoms with Crippen LogP contribution in [0.3, 0.4) is 0 Å². The number of aliphatic carboxylic acids is 4. The van der Waals surface area contributed by atoms with Crippen molar-refractivity contribution in [3.8, 4) is 5.75 Å². The first kappa shape index (κ1) is 27.1. The van der Waals surface area contributed by atoms with Gasteiger partial charge in [0.1, 0.15) is 12.4 Å². The van der Waals surface area contributed by atoms with E-state index in [1.807, 2.05) is 36.4 Å². The van der Waals surface area contributed by atoms with E-state index >= 15 is 0 Å². The molecular formula is C18H19ClN2O10. The van der Waals surface area contributed by atoms with Gasteiger partial charge in [0.05, 0.1) is 6.54 Å². The molecule has 2 aromatic carbocycles. The molecule has 0 heterocycles. The van der Waals surface area contributed by atoms with Crippen LogP contribution in [0.2, 0.25) is 5.02 Å². The summed E-state index contributed by atoms with van der Waals surface area (Å²) in [6.07, 6.45) is 0. The van der Waals surface area contributed by atoms with Gasteiger partial charge in [-0.15, -0.1) is 0 Å². The van der Waals surface area contributed by atoms with Crippen LogP contribution in [0.4, 0.5) is 0 Å². The van der Waals surface area contributed by atoms with E-state index in [0.29, 0.717) is 18.2 Å². The number of nitrogens with two attached hydrogens (primary N) is 1. The number of halogens is 1. The molecule has 0 aliphatic heterocycles. The smallest absolute Gasteiger partial charge is 0.414 e. The molecule has 0 bridgehead atoms. The summed E-state index contributed by atoms with van der Waals surface area (Å²) in [7, 11) is 0. The molecule has 13 heteroatoms. The highest BCUT2D eigenvalue weighted by Crippen LogP contribution is 2.31. The molecule has 12 nitrogen and oxygen atoms in total. The normalized spacial score (nSPS) is 9.32. The Morgan fingerprint density at radius 1 is 0.839 bits per heavy atom. The van der Waals surface area contributed by atoms with Crippen molar-refractivity contribution in [1.82, 2.24) is 5.32 Å². The summed E-state index contributed by atoms with van der Waals surface area (Å²) < 4.78 is 5.68. The number of carboxylic acids is 4. The lowest BCUT2D eigenvalue weighted by molar-refractivity contribution is -0.159. The van der Waals surface area contributed by atoms with Gasteiger partial charge in [-0.3, -0.25) is 4.79 Å². The SMILES string of the molecule is NC(=O)CNCCOc1ccc(Cl)c2ccccc12.O=C(O)C(=O)O.O=C(O)C(=O)O. The maximum atomic E-state index is 10.5. The average molecular weight is 459 g/mol. The zero-order valence-electron chi connectivity index (χ0n) is 15.8. The van der Waals surface area contributed by atoms with Crippen LogP contribution >= 0.6 is 11.6 Å². The second-order valence-corrected chi connectivity index (χ2v) is 5.71. The number of carbonyl (C=O) groups is 5. The van der Waals surface area contributed by atoms with Gasteiger partial charge in [0.15, 0.2) is 0 Å². The van der Waals surface area contributed by atoms with Crippen LogP contribution in [-0.2, 0) is 24.0 Å². The van der Waals surface area contributed by atoms with Crippen LogP contribution in [0.1, 0.15) is 0 Å². The highest BCUT2D eigenvalue weighted by Gasteiger charge is 2.05. The number of carboxylic acid groups (broad SMARTS) is 4. The molecule has 2 aromatic rings. The van der Waals surface area contributed by atoms with Crippen molar-refractivity contribution in [2.45, 2.75) is 0 Å². The highest BCUT2D eigenvalue weighted by atomic mass is 35.5. The summed E-state index contributed by atoms with van der Waals surface area (Å²) in [4.78, 5) is 46.9. The molecule has 0 saturated carbocycles. The standard InChI is InChI=1S/C14H15ClN2O2.2C2H2O4/c15-12-5-6-13(11-4-2-1-3-10(11)12)19-8-7-17-9-14(16)18;2*3-1(4)2(5)6/h1-6,17H,7-9H2,(H2,16,18);2*(H,3,4)(H,5,6). The number of carbonyl (C=O) groups excluding carboxylic acids is 1. The van der Waals surface area contributed by atoms with Crippen molar-refractivity contribution < 1.29 is 49.1 Å². The molecule has 2 rings (SSSR count). The van der Waals surface area contributed by atoms with Crippen LogP contribution in [0, 0.1) is 0 Å². The van der Waals surface area contributed by atoms with Gasteiger partial charge in [0.2, 0.25) is 5.91 Å². The minimum absolute atomic E-state index is 0.157. The Morgan fingerprint density at radius 2 is 1.32 bits per heavy atom. The number of benzene rings is 2. The van der Waals surface area contributed by atoms with E-state index in [-0.39, 0.29) is 12.5 Å². The quantitative estimate of drug-likeness (QED) is 0.255. The molecule has 0 atom stereocenters. The molecule has 0 saturated heterocycles. The van der Waals surface area contributed by atoms with E-state index in [2.05, 4.69) is 5.32 Å². The van der Waals surface area contributed by atoms with Crippen molar-refractivity contribution in [3.63, 3.8) is 0 Å². The highest BCUT2D eigenvalue weighted by molar-refractivity contribution is 6.35. The van der Waals surface area contributed by atoms with Gasteiger partial charge >= 0.3 is 23.9 Å². The summed E-state index contributed by atoms with van der Waals surface area (Å²) >= 11 is 6.13. The first-order valence-electron chi connectivity index (χ1n) is 8.18. The largest absolute Gasteiger partial charge is 0.492 e. The summed E-state index contributed by atoms with van der Waals surface area (Å²) in [5.74, 6) is -6.90. The van der Waals surface area contributed by atoms with Crippen molar-refractivity contribution >= 4 is 52.2 Å². The number of ether oxygens (including phenoxy) is 1. The fraction of sp³-hybridized carbons (Fsp3) is 0.167. The van der Waals surface area contributed by atoms with Crippen LogP contribution in [0.5, 0.6) is 5.75 Å². The van der Waals surface area contributed by atoms with Crippen LogP contribution in [0.25, 0.3) is 10.8 Å². The first-order valence-corrected chi connectivity index (χ1v) is 8.56. The molecular weight excluding hydrogens is 440 g/mol. The Bertz CT molecular complexity index is 900. The third-order valence-electron chi connectivity index (χ3n) is 3.03. The lowest BCUT2D eigenvalue weighted by atomic mass is 10.1. The predicted octanol–water partition coefficient (Wildman–Crippen LogP) is 0.258. The van der Waals surface area contributed by atoms with Gasteiger partial charge in [-0.1, -0.05) is 35.9 Å². The Kier molecular flexibility index (Phi) is 12.4. The topological polar surface area (TPSA) is 214 Å². The van der Waals surface area contributed by atoms with E-state index in [9.17, 15) is 4.79 Å². The third-order valence-corrected chi connectivity index (χ3v) is 3.36. The maximum absolute atomic E-state index is 10.5. The van der Waals surface area contributed by atoms with Gasteiger partial charge in [-0.2, -0.15) is 0 Å². The fourth-order valence-electron chi connectivity index (χ4n) is 1.81. The number of hydrogen-bond acceptors (Lipinski definition) is 7. The third kappa shape index (κ3) is 11.6. The Labute approximate surface area is 179 Å². The molecule has 0 aliphatic rings. The molecule has 0 aliphatic carbocycles. The van der Waals surface area contributed by atoms with Crippen LogP contribution in [-0.4, -0.2) is 69.9 Å². The number of nitrogens with one attached hydrogen (secondary N) is 1. The maximum Gasteiger partial charge on any atom is 0.414 e. The van der Waals surface area contributed by atoms with Gasteiger partial charge in [0.25, 0.3) is 0 Å².